The van der Waals surface area contributed by atoms with Crippen molar-refractivity contribution in [3.05, 3.63) is 59.2 Å². The summed E-state index contributed by atoms with van der Waals surface area (Å²) in [6, 6.07) is 6.87. The number of carbonyl (C=O) groups is 2. The Morgan fingerprint density at radius 3 is 2.69 bits per heavy atom. The highest BCUT2D eigenvalue weighted by Gasteiger charge is 2.18. The standard InChI is InChI=1S/C20H22N2O4/c1-12-6-7-17-15(11-26-19(17)13(12)2)9-18(23)22-14(3)20(24)21-10-16-5-4-8-25-16/h4-8,11,14H,9-10H2,1-3H3,(H,21,24)(H,22,23). The van der Waals surface area contributed by atoms with Gasteiger partial charge in [0.05, 0.1) is 25.5 Å². The fourth-order valence-corrected chi connectivity index (χ4v) is 2.80. The van der Waals surface area contributed by atoms with Crippen molar-refractivity contribution < 1.29 is 18.4 Å². The molecule has 1 atom stereocenters. The van der Waals surface area contributed by atoms with Crippen LogP contribution in [0.1, 0.15) is 29.4 Å². The first-order valence-corrected chi connectivity index (χ1v) is 8.51. The molecule has 136 valence electrons. The molecule has 6 heteroatoms. The Labute approximate surface area is 151 Å². The van der Waals surface area contributed by atoms with Gasteiger partial charge in [-0.25, -0.2) is 0 Å². The quantitative estimate of drug-likeness (QED) is 0.713. The highest BCUT2D eigenvalue weighted by atomic mass is 16.3. The fourth-order valence-electron chi connectivity index (χ4n) is 2.80. The van der Waals surface area contributed by atoms with E-state index in [-0.39, 0.29) is 24.8 Å². The van der Waals surface area contributed by atoms with Crippen LogP contribution in [-0.4, -0.2) is 17.9 Å². The smallest absolute Gasteiger partial charge is 0.242 e. The molecule has 3 aromatic rings. The summed E-state index contributed by atoms with van der Waals surface area (Å²) in [4.78, 5) is 24.4. The second-order valence-corrected chi connectivity index (χ2v) is 6.41. The molecule has 0 aliphatic rings. The maximum absolute atomic E-state index is 12.3. The van der Waals surface area contributed by atoms with Gasteiger partial charge in [-0.3, -0.25) is 9.59 Å². The van der Waals surface area contributed by atoms with Gasteiger partial charge >= 0.3 is 0 Å². The third-order valence-electron chi connectivity index (χ3n) is 4.48. The lowest BCUT2D eigenvalue weighted by atomic mass is 10.0. The average Bonchev–Trinajstić information content (AvgIpc) is 3.26. The summed E-state index contributed by atoms with van der Waals surface area (Å²) in [6.07, 6.45) is 3.31. The molecule has 3 rings (SSSR count). The lowest BCUT2D eigenvalue weighted by Gasteiger charge is -2.13. The van der Waals surface area contributed by atoms with Crippen LogP contribution in [0.2, 0.25) is 0 Å². The summed E-state index contributed by atoms with van der Waals surface area (Å²) in [5, 5.41) is 6.37. The van der Waals surface area contributed by atoms with Crippen LogP contribution in [0.5, 0.6) is 0 Å². The van der Waals surface area contributed by atoms with Crippen LogP contribution < -0.4 is 10.6 Å². The highest BCUT2D eigenvalue weighted by Crippen LogP contribution is 2.26. The Morgan fingerprint density at radius 1 is 1.15 bits per heavy atom. The van der Waals surface area contributed by atoms with E-state index in [9.17, 15) is 9.59 Å². The van der Waals surface area contributed by atoms with Gasteiger partial charge in [-0.15, -0.1) is 0 Å². The molecule has 0 spiro atoms. The van der Waals surface area contributed by atoms with Crippen molar-refractivity contribution in [1.82, 2.24) is 10.6 Å². The molecule has 0 saturated heterocycles. The minimum absolute atomic E-state index is 0.158. The van der Waals surface area contributed by atoms with E-state index in [1.165, 1.54) is 0 Å². The molecule has 2 heterocycles. The van der Waals surface area contributed by atoms with Gasteiger partial charge in [-0.2, -0.15) is 0 Å². The molecule has 6 nitrogen and oxygen atoms in total. The number of hydrogen-bond acceptors (Lipinski definition) is 4. The summed E-state index contributed by atoms with van der Waals surface area (Å²) in [6.45, 7) is 5.95. The zero-order valence-electron chi connectivity index (χ0n) is 15.1. The third-order valence-corrected chi connectivity index (χ3v) is 4.48. The summed E-state index contributed by atoms with van der Waals surface area (Å²) in [7, 11) is 0. The number of furan rings is 2. The van der Waals surface area contributed by atoms with E-state index in [4.69, 9.17) is 8.83 Å². The van der Waals surface area contributed by atoms with Crippen LogP contribution in [0.3, 0.4) is 0 Å². The first-order chi connectivity index (χ1) is 12.5. The van der Waals surface area contributed by atoms with Gasteiger partial charge in [0.2, 0.25) is 11.8 Å². The number of carbonyl (C=O) groups excluding carboxylic acids is 2. The SMILES string of the molecule is Cc1ccc2c(CC(=O)NC(C)C(=O)NCc3ccco3)coc2c1C. The number of hydrogen-bond donors (Lipinski definition) is 2. The topological polar surface area (TPSA) is 84.5 Å². The van der Waals surface area contributed by atoms with Crippen LogP contribution in [0.4, 0.5) is 0 Å². The summed E-state index contributed by atoms with van der Waals surface area (Å²) < 4.78 is 10.8. The van der Waals surface area contributed by atoms with Gasteiger partial charge in [0.15, 0.2) is 0 Å². The normalized spacial score (nSPS) is 12.1. The molecule has 26 heavy (non-hydrogen) atoms. The molecule has 2 amide bonds. The van der Waals surface area contributed by atoms with E-state index >= 15 is 0 Å². The minimum atomic E-state index is -0.639. The van der Waals surface area contributed by atoms with Gasteiger partial charge in [0.1, 0.15) is 17.4 Å². The van der Waals surface area contributed by atoms with E-state index in [1.54, 1.807) is 31.6 Å². The monoisotopic (exact) mass is 354 g/mol. The molecule has 2 aromatic heterocycles. The third kappa shape index (κ3) is 3.79. The molecule has 0 aliphatic heterocycles. The van der Waals surface area contributed by atoms with Crippen LogP contribution in [0, 0.1) is 13.8 Å². The molecular formula is C20H22N2O4. The van der Waals surface area contributed by atoms with Crippen molar-refractivity contribution in [2.45, 2.75) is 39.8 Å². The van der Waals surface area contributed by atoms with Crippen LogP contribution >= 0.6 is 0 Å². The second kappa shape index (κ2) is 7.47. The Bertz CT molecular complexity index is 925. The van der Waals surface area contributed by atoms with Crippen molar-refractivity contribution in [3.8, 4) is 0 Å². The molecule has 0 saturated carbocycles. The number of fused-ring (bicyclic) bond motifs is 1. The van der Waals surface area contributed by atoms with Gasteiger partial charge in [-0.1, -0.05) is 12.1 Å². The molecular weight excluding hydrogens is 332 g/mol. The summed E-state index contributed by atoms with van der Waals surface area (Å²) in [5.41, 5.74) is 3.82. The molecule has 2 N–H and O–H groups in total. The van der Waals surface area contributed by atoms with Crippen molar-refractivity contribution in [1.29, 1.82) is 0 Å². The van der Waals surface area contributed by atoms with E-state index < -0.39 is 6.04 Å². The van der Waals surface area contributed by atoms with Crippen LogP contribution in [0.15, 0.2) is 45.6 Å². The van der Waals surface area contributed by atoms with Gasteiger partial charge in [0.25, 0.3) is 0 Å². The molecule has 0 bridgehead atoms. The molecule has 1 unspecified atom stereocenters. The molecule has 0 radical (unpaired) electrons. The Balaban J connectivity index is 1.58. The van der Waals surface area contributed by atoms with E-state index in [2.05, 4.69) is 10.6 Å². The van der Waals surface area contributed by atoms with Crippen molar-refractivity contribution in [2.24, 2.45) is 0 Å². The van der Waals surface area contributed by atoms with Crippen LogP contribution in [0.25, 0.3) is 11.0 Å². The van der Waals surface area contributed by atoms with Gasteiger partial charge in [0, 0.05) is 10.9 Å². The number of nitrogens with one attached hydrogen (secondary N) is 2. The largest absolute Gasteiger partial charge is 0.467 e. The molecule has 0 fully saturated rings. The van der Waals surface area contributed by atoms with E-state index in [0.29, 0.717) is 5.76 Å². The van der Waals surface area contributed by atoms with Crippen LogP contribution in [-0.2, 0) is 22.6 Å². The highest BCUT2D eigenvalue weighted by molar-refractivity contribution is 5.92. The first kappa shape index (κ1) is 17.8. The predicted molar refractivity (Wildman–Crippen MR) is 97.6 cm³/mol. The Hall–Kier alpha value is -3.02. The van der Waals surface area contributed by atoms with Crippen molar-refractivity contribution in [2.75, 3.05) is 0 Å². The lowest BCUT2D eigenvalue weighted by molar-refractivity contribution is -0.128. The number of aryl methyl sites for hydroxylation is 2. The van der Waals surface area contributed by atoms with E-state index in [1.807, 2.05) is 26.0 Å². The number of amides is 2. The Kier molecular flexibility index (Phi) is 5.11. The number of rotatable bonds is 6. The zero-order valence-corrected chi connectivity index (χ0v) is 15.1. The minimum Gasteiger partial charge on any atom is -0.467 e. The van der Waals surface area contributed by atoms with Crippen molar-refractivity contribution >= 4 is 22.8 Å². The fraction of sp³-hybridized carbons (Fsp3) is 0.300. The lowest BCUT2D eigenvalue weighted by Crippen LogP contribution is -2.45. The van der Waals surface area contributed by atoms with E-state index in [0.717, 1.165) is 27.7 Å². The molecule has 1 aromatic carbocycles. The first-order valence-electron chi connectivity index (χ1n) is 8.51. The summed E-state index contributed by atoms with van der Waals surface area (Å²) in [5.74, 6) is 0.164. The van der Waals surface area contributed by atoms with Crippen molar-refractivity contribution in [3.63, 3.8) is 0 Å². The predicted octanol–water partition coefficient (Wildman–Crippen LogP) is 3.01. The summed E-state index contributed by atoms with van der Waals surface area (Å²) >= 11 is 0. The van der Waals surface area contributed by atoms with Gasteiger partial charge in [-0.05, 0) is 44.0 Å². The Morgan fingerprint density at radius 2 is 1.96 bits per heavy atom. The maximum Gasteiger partial charge on any atom is 0.242 e. The maximum atomic E-state index is 12.3. The second-order valence-electron chi connectivity index (χ2n) is 6.41. The zero-order chi connectivity index (χ0) is 18.7. The molecule has 0 aliphatic carbocycles. The van der Waals surface area contributed by atoms with Gasteiger partial charge < -0.3 is 19.5 Å². The number of benzene rings is 1. The average molecular weight is 354 g/mol.